The van der Waals surface area contributed by atoms with Crippen LogP contribution in [-0.4, -0.2) is 23.3 Å². The molecule has 0 bridgehead atoms. The summed E-state index contributed by atoms with van der Waals surface area (Å²) >= 11 is 0. The topological polar surface area (TPSA) is 20.3 Å². The van der Waals surface area contributed by atoms with Crippen LogP contribution < -0.4 is 0 Å². The van der Waals surface area contributed by atoms with Gasteiger partial charge in [0.2, 0.25) is 0 Å². The monoisotopic (exact) mass is 377 g/mol. The Labute approximate surface area is 155 Å². The molecule has 1 unspecified atom stereocenters. The van der Waals surface area contributed by atoms with E-state index in [9.17, 15) is 22.4 Å². The van der Waals surface area contributed by atoms with E-state index in [4.69, 9.17) is 0 Å². The van der Waals surface area contributed by atoms with E-state index in [0.717, 1.165) is 12.1 Å². The number of rotatable bonds is 3. The van der Waals surface area contributed by atoms with Crippen molar-refractivity contribution in [3.63, 3.8) is 0 Å². The SMILES string of the molecule is CC(C)N1C=C(c2cccc(F)c2)C(=O)C(c2cccc(C(F)(F)F)c2)C1. The lowest BCUT2D eigenvalue weighted by Crippen LogP contribution is -2.38. The summed E-state index contributed by atoms with van der Waals surface area (Å²) in [6, 6.07) is 10.6. The molecule has 0 amide bonds. The van der Waals surface area contributed by atoms with Crippen molar-refractivity contribution in [2.24, 2.45) is 0 Å². The fraction of sp³-hybridized carbons (Fsp3) is 0.286. The number of Topliss-reactive ketones (excluding diaryl/α,β-unsaturated/α-hetero) is 1. The molecule has 0 fully saturated rings. The first-order valence-corrected chi connectivity index (χ1v) is 8.61. The highest BCUT2D eigenvalue weighted by atomic mass is 19.4. The molecule has 142 valence electrons. The van der Waals surface area contributed by atoms with Crippen molar-refractivity contribution in [2.45, 2.75) is 32.0 Å². The molecule has 1 aliphatic rings. The van der Waals surface area contributed by atoms with Crippen LogP contribution in [0, 0.1) is 5.82 Å². The van der Waals surface area contributed by atoms with Crippen LogP contribution in [0.2, 0.25) is 0 Å². The lowest BCUT2D eigenvalue weighted by atomic mass is 9.84. The van der Waals surface area contributed by atoms with Gasteiger partial charge in [0.15, 0.2) is 5.78 Å². The Morgan fingerprint density at radius 1 is 1.07 bits per heavy atom. The molecule has 0 aliphatic carbocycles. The zero-order valence-corrected chi connectivity index (χ0v) is 14.9. The average molecular weight is 377 g/mol. The van der Waals surface area contributed by atoms with Crippen molar-refractivity contribution in [3.8, 4) is 0 Å². The summed E-state index contributed by atoms with van der Waals surface area (Å²) < 4.78 is 52.9. The van der Waals surface area contributed by atoms with E-state index in [0.29, 0.717) is 16.7 Å². The Balaban J connectivity index is 2.05. The molecule has 27 heavy (non-hydrogen) atoms. The fourth-order valence-corrected chi connectivity index (χ4v) is 3.18. The Bertz CT molecular complexity index is 886. The van der Waals surface area contributed by atoms with Gasteiger partial charge >= 0.3 is 6.18 Å². The second kappa shape index (κ2) is 7.18. The lowest BCUT2D eigenvalue weighted by Gasteiger charge is -2.35. The standard InChI is InChI=1S/C21H19F4NO/c1-13(2)26-11-18(14-5-3-7-16(9-14)21(23,24)25)20(27)19(12-26)15-6-4-8-17(22)10-15/h3-10,12-13,18H,11H2,1-2H3. The summed E-state index contributed by atoms with van der Waals surface area (Å²) in [5, 5.41) is 0. The van der Waals surface area contributed by atoms with E-state index in [1.165, 1.54) is 30.3 Å². The zero-order chi connectivity index (χ0) is 19.8. The normalized spacial score (nSPS) is 18.0. The number of hydrogen-bond donors (Lipinski definition) is 0. The maximum atomic E-state index is 13.6. The maximum absolute atomic E-state index is 13.6. The van der Waals surface area contributed by atoms with Crippen molar-refractivity contribution in [3.05, 3.63) is 77.2 Å². The second-order valence-corrected chi connectivity index (χ2v) is 6.88. The third kappa shape index (κ3) is 4.04. The highest BCUT2D eigenvalue weighted by Crippen LogP contribution is 2.35. The molecule has 0 radical (unpaired) electrons. The van der Waals surface area contributed by atoms with Crippen LogP contribution in [0.15, 0.2) is 54.7 Å². The van der Waals surface area contributed by atoms with Crippen LogP contribution >= 0.6 is 0 Å². The largest absolute Gasteiger partial charge is 0.416 e. The van der Waals surface area contributed by atoms with Gasteiger partial charge in [-0.3, -0.25) is 4.79 Å². The number of alkyl halides is 3. The van der Waals surface area contributed by atoms with Crippen molar-refractivity contribution in [2.75, 3.05) is 6.54 Å². The van der Waals surface area contributed by atoms with Crippen LogP contribution in [0.4, 0.5) is 17.6 Å². The number of benzene rings is 2. The summed E-state index contributed by atoms with van der Waals surface area (Å²) in [4.78, 5) is 15.0. The van der Waals surface area contributed by atoms with E-state index in [1.54, 1.807) is 12.3 Å². The number of allylic oxidation sites excluding steroid dienone is 1. The van der Waals surface area contributed by atoms with Gasteiger partial charge in [-0.1, -0.05) is 30.3 Å². The van der Waals surface area contributed by atoms with Crippen LogP contribution in [0.3, 0.4) is 0 Å². The molecule has 0 spiro atoms. The van der Waals surface area contributed by atoms with E-state index in [2.05, 4.69) is 0 Å². The third-order valence-corrected chi connectivity index (χ3v) is 4.69. The van der Waals surface area contributed by atoms with Crippen LogP contribution in [-0.2, 0) is 11.0 Å². The molecule has 0 saturated heterocycles. The van der Waals surface area contributed by atoms with Gasteiger partial charge in [-0.2, -0.15) is 13.2 Å². The van der Waals surface area contributed by atoms with Gasteiger partial charge < -0.3 is 4.90 Å². The molecule has 0 N–H and O–H groups in total. The molecule has 6 heteroatoms. The molecule has 3 rings (SSSR count). The van der Waals surface area contributed by atoms with Gasteiger partial charge in [0.1, 0.15) is 5.82 Å². The molecule has 1 heterocycles. The van der Waals surface area contributed by atoms with Gasteiger partial charge in [-0.25, -0.2) is 4.39 Å². The van der Waals surface area contributed by atoms with Crippen molar-refractivity contribution in [1.82, 2.24) is 4.90 Å². The van der Waals surface area contributed by atoms with Crippen molar-refractivity contribution in [1.29, 1.82) is 0 Å². The average Bonchev–Trinajstić information content (AvgIpc) is 2.61. The minimum atomic E-state index is -4.48. The Kier molecular flexibility index (Phi) is 5.09. The number of nitrogens with zero attached hydrogens (tertiary/aromatic N) is 1. The number of carbonyl (C=O) groups excluding carboxylic acids is 1. The van der Waals surface area contributed by atoms with Gasteiger partial charge in [-0.15, -0.1) is 0 Å². The summed E-state index contributed by atoms with van der Waals surface area (Å²) in [6.07, 6.45) is -2.81. The molecular weight excluding hydrogens is 358 g/mol. The van der Waals surface area contributed by atoms with Gasteiger partial charge in [-0.05, 0) is 43.2 Å². The van der Waals surface area contributed by atoms with E-state index >= 15 is 0 Å². The van der Waals surface area contributed by atoms with Crippen LogP contribution in [0.5, 0.6) is 0 Å². The molecule has 2 aromatic carbocycles. The summed E-state index contributed by atoms with van der Waals surface area (Å²) in [7, 11) is 0. The minimum Gasteiger partial charge on any atom is -0.373 e. The molecule has 1 aliphatic heterocycles. The lowest BCUT2D eigenvalue weighted by molar-refractivity contribution is -0.137. The highest BCUT2D eigenvalue weighted by molar-refractivity contribution is 6.24. The molecular formula is C21H19F4NO. The van der Waals surface area contributed by atoms with Crippen LogP contribution in [0.1, 0.15) is 36.5 Å². The fourth-order valence-electron chi connectivity index (χ4n) is 3.18. The van der Waals surface area contributed by atoms with E-state index in [1.807, 2.05) is 18.7 Å². The predicted octanol–water partition coefficient (Wildman–Crippen LogP) is 5.26. The molecule has 2 aromatic rings. The number of hydrogen-bond acceptors (Lipinski definition) is 2. The number of carbonyl (C=O) groups is 1. The summed E-state index contributed by atoms with van der Waals surface area (Å²) in [5.74, 6) is -1.53. The minimum absolute atomic E-state index is 0.0370. The highest BCUT2D eigenvalue weighted by Gasteiger charge is 2.35. The quantitative estimate of drug-likeness (QED) is 0.680. The van der Waals surface area contributed by atoms with Gasteiger partial charge in [0.05, 0.1) is 11.5 Å². The first-order chi connectivity index (χ1) is 12.7. The van der Waals surface area contributed by atoms with Gasteiger partial charge in [0.25, 0.3) is 0 Å². The van der Waals surface area contributed by atoms with Crippen molar-refractivity contribution >= 4 is 11.4 Å². The van der Waals surface area contributed by atoms with Crippen molar-refractivity contribution < 1.29 is 22.4 Å². The first kappa shape index (κ1) is 19.1. The Morgan fingerprint density at radius 2 is 1.78 bits per heavy atom. The first-order valence-electron chi connectivity index (χ1n) is 8.61. The maximum Gasteiger partial charge on any atom is 0.416 e. The molecule has 2 nitrogen and oxygen atoms in total. The van der Waals surface area contributed by atoms with E-state index in [-0.39, 0.29) is 18.4 Å². The predicted molar refractivity (Wildman–Crippen MR) is 95.4 cm³/mol. The smallest absolute Gasteiger partial charge is 0.373 e. The summed E-state index contributed by atoms with van der Waals surface area (Å²) in [5.41, 5.74) is 0.243. The number of halogens is 4. The summed E-state index contributed by atoms with van der Waals surface area (Å²) in [6.45, 7) is 4.13. The van der Waals surface area contributed by atoms with Gasteiger partial charge in [0, 0.05) is 24.4 Å². The molecule has 1 atom stereocenters. The zero-order valence-electron chi connectivity index (χ0n) is 14.9. The Hall–Kier alpha value is -2.63. The Morgan fingerprint density at radius 3 is 2.41 bits per heavy atom. The number of ketones is 1. The molecule has 0 saturated carbocycles. The second-order valence-electron chi connectivity index (χ2n) is 6.88. The third-order valence-electron chi connectivity index (χ3n) is 4.69. The van der Waals surface area contributed by atoms with E-state index < -0.39 is 23.5 Å². The van der Waals surface area contributed by atoms with Crippen LogP contribution in [0.25, 0.3) is 5.57 Å². The molecule has 0 aromatic heterocycles.